The van der Waals surface area contributed by atoms with Gasteiger partial charge in [-0.3, -0.25) is 29.4 Å². The number of aromatic nitrogens is 2. The molecule has 0 radical (unpaired) electrons. The molecule has 3 N–H and O–H groups in total. The molecular weight excluding hydrogens is 642 g/mol. The lowest BCUT2D eigenvalue weighted by Crippen LogP contribution is -2.52. The van der Waals surface area contributed by atoms with Crippen LogP contribution in [0.5, 0.6) is 0 Å². The zero-order valence-electron chi connectivity index (χ0n) is 29.1. The van der Waals surface area contributed by atoms with Gasteiger partial charge >= 0.3 is 0 Å². The third kappa shape index (κ3) is 6.74. The van der Waals surface area contributed by atoms with Gasteiger partial charge in [-0.15, -0.1) is 0 Å². The van der Waals surface area contributed by atoms with Gasteiger partial charge in [-0.1, -0.05) is 18.2 Å². The van der Waals surface area contributed by atoms with Gasteiger partial charge in [0.25, 0.3) is 11.8 Å². The number of piperidine rings is 2. The van der Waals surface area contributed by atoms with E-state index < -0.39 is 6.04 Å². The van der Waals surface area contributed by atoms with E-state index in [1.165, 1.54) is 17.7 Å². The SMILES string of the molecule is CN1CCCC1c1cc2cnc(NC(=O)c3ccc(CCCC4CCN(c5cccc6c5CN(C5CCC(=O)NC5=O)C6=O)CC4)cc3)cc2[nH]1. The Morgan fingerprint density at radius 2 is 1.78 bits per heavy atom. The van der Waals surface area contributed by atoms with Gasteiger partial charge in [0.2, 0.25) is 11.8 Å². The first kappa shape index (κ1) is 33.1. The Labute approximate surface area is 297 Å². The zero-order chi connectivity index (χ0) is 35.1. The topological polar surface area (TPSA) is 131 Å². The molecule has 4 amide bonds. The van der Waals surface area contributed by atoms with Crippen LogP contribution in [-0.2, 0) is 22.6 Å². The lowest BCUT2D eigenvalue weighted by Gasteiger charge is -2.35. The summed E-state index contributed by atoms with van der Waals surface area (Å²) in [5.74, 6) is 0.232. The zero-order valence-corrected chi connectivity index (χ0v) is 29.1. The maximum absolute atomic E-state index is 13.3. The fraction of sp³-hybridized carbons (Fsp3) is 0.425. The molecule has 51 heavy (non-hydrogen) atoms. The summed E-state index contributed by atoms with van der Waals surface area (Å²) in [5, 5.41) is 6.40. The van der Waals surface area contributed by atoms with Crippen molar-refractivity contribution in [3.8, 4) is 0 Å². The van der Waals surface area contributed by atoms with Crippen LogP contribution in [0.1, 0.15) is 94.9 Å². The van der Waals surface area contributed by atoms with E-state index in [4.69, 9.17) is 0 Å². The molecule has 8 rings (SSSR count). The molecule has 11 nitrogen and oxygen atoms in total. The second-order valence-electron chi connectivity index (χ2n) is 14.7. The summed E-state index contributed by atoms with van der Waals surface area (Å²) >= 11 is 0. The Morgan fingerprint density at radius 3 is 2.55 bits per heavy atom. The number of carbonyl (C=O) groups excluding carboxylic acids is 4. The average Bonchev–Trinajstić information content (AvgIpc) is 3.85. The molecule has 6 heterocycles. The summed E-state index contributed by atoms with van der Waals surface area (Å²) in [4.78, 5) is 64.9. The Morgan fingerprint density at radius 1 is 0.961 bits per heavy atom. The van der Waals surface area contributed by atoms with Crippen molar-refractivity contribution < 1.29 is 19.2 Å². The molecule has 3 fully saturated rings. The molecule has 4 aliphatic heterocycles. The number of rotatable bonds is 9. The first-order chi connectivity index (χ1) is 24.8. The van der Waals surface area contributed by atoms with Crippen LogP contribution in [0.15, 0.2) is 60.8 Å². The molecule has 0 spiro atoms. The van der Waals surface area contributed by atoms with Crippen molar-refractivity contribution in [2.75, 3.05) is 36.9 Å². The number of hydrogen-bond donors (Lipinski definition) is 3. The quantitative estimate of drug-likeness (QED) is 0.196. The van der Waals surface area contributed by atoms with Crippen molar-refractivity contribution in [1.29, 1.82) is 0 Å². The molecule has 264 valence electrons. The number of nitrogens with one attached hydrogen (secondary N) is 3. The molecule has 2 atom stereocenters. The number of imide groups is 1. The number of anilines is 2. The molecule has 0 aliphatic carbocycles. The number of benzene rings is 2. The number of pyridine rings is 1. The smallest absolute Gasteiger partial charge is 0.256 e. The number of hydrogen-bond acceptors (Lipinski definition) is 7. The van der Waals surface area contributed by atoms with E-state index in [-0.39, 0.29) is 30.0 Å². The predicted molar refractivity (Wildman–Crippen MR) is 195 cm³/mol. The van der Waals surface area contributed by atoms with Gasteiger partial charge < -0.3 is 20.1 Å². The van der Waals surface area contributed by atoms with Crippen LogP contribution in [0.25, 0.3) is 10.9 Å². The van der Waals surface area contributed by atoms with Crippen LogP contribution in [0.3, 0.4) is 0 Å². The summed E-state index contributed by atoms with van der Waals surface area (Å²) in [6.45, 7) is 3.37. The van der Waals surface area contributed by atoms with Crippen LogP contribution < -0.4 is 15.5 Å². The fourth-order valence-corrected chi connectivity index (χ4v) is 8.53. The van der Waals surface area contributed by atoms with Crippen molar-refractivity contribution in [2.45, 2.75) is 76.4 Å². The van der Waals surface area contributed by atoms with E-state index in [1.54, 1.807) is 4.90 Å². The maximum Gasteiger partial charge on any atom is 0.256 e. The summed E-state index contributed by atoms with van der Waals surface area (Å²) in [6, 6.07) is 17.7. The molecule has 2 unspecified atom stereocenters. The Bertz CT molecular complexity index is 1980. The highest BCUT2D eigenvalue weighted by Gasteiger charge is 2.40. The lowest BCUT2D eigenvalue weighted by molar-refractivity contribution is -0.136. The van der Waals surface area contributed by atoms with Crippen LogP contribution in [0.2, 0.25) is 0 Å². The number of nitrogens with zero attached hydrogens (tertiary/aromatic N) is 4. The van der Waals surface area contributed by atoms with Crippen molar-refractivity contribution in [3.63, 3.8) is 0 Å². The van der Waals surface area contributed by atoms with Gasteiger partial charge in [-0.05, 0) is 107 Å². The molecule has 0 saturated carbocycles. The monoisotopic (exact) mass is 687 g/mol. The second kappa shape index (κ2) is 13.9. The summed E-state index contributed by atoms with van der Waals surface area (Å²) < 4.78 is 0. The third-order valence-corrected chi connectivity index (χ3v) is 11.5. The number of H-pyrrole nitrogens is 1. The largest absolute Gasteiger partial charge is 0.371 e. The van der Waals surface area contributed by atoms with E-state index in [9.17, 15) is 19.2 Å². The maximum atomic E-state index is 13.3. The minimum absolute atomic E-state index is 0.127. The van der Waals surface area contributed by atoms with Gasteiger partial charge in [0.05, 0.1) is 5.52 Å². The third-order valence-electron chi connectivity index (χ3n) is 11.5. The number of fused-ring (bicyclic) bond motifs is 2. The number of likely N-dealkylation sites (tertiary alicyclic amines) is 1. The van der Waals surface area contributed by atoms with Crippen molar-refractivity contribution >= 4 is 46.0 Å². The Balaban J connectivity index is 0.803. The number of aryl methyl sites for hydroxylation is 1. The fourth-order valence-electron chi connectivity index (χ4n) is 8.53. The van der Waals surface area contributed by atoms with E-state index in [1.807, 2.05) is 36.5 Å². The average molecular weight is 688 g/mol. The molecule has 2 aromatic heterocycles. The normalized spacial score (nSPS) is 21.4. The molecule has 4 aliphatic rings. The van der Waals surface area contributed by atoms with Crippen LogP contribution >= 0.6 is 0 Å². The van der Waals surface area contributed by atoms with Crippen LogP contribution in [0, 0.1) is 5.92 Å². The first-order valence-electron chi connectivity index (χ1n) is 18.4. The van der Waals surface area contributed by atoms with E-state index >= 15 is 0 Å². The molecule has 2 aromatic carbocycles. The minimum Gasteiger partial charge on any atom is -0.371 e. The standard InChI is InChI=1S/C40H45N7O4/c1-45-18-4-9-34(45)32-21-28-23-41-36(22-31(28)42-32)43-38(49)27-12-10-25(11-13-27)5-2-6-26-16-19-46(20-17-26)33-8-3-7-29-30(33)24-47(40(29)51)35-14-15-37(48)44-39(35)50/h3,7-8,10-13,21-23,26,34-35,42H,2,4-6,9,14-20,24H2,1H3,(H,41,43,49)(H,44,48,50). The first-order valence-corrected chi connectivity index (χ1v) is 18.4. The van der Waals surface area contributed by atoms with Crippen LogP contribution in [-0.4, -0.2) is 76.1 Å². The van der Waals surface area contributed by atoms with E-state index in [0.717, 1.165) is 80.3 Å². The number of amides is 4. The predicted octanol–water partition coefficient (Wildman–Crippen LogP) is 5.58. The van der Waals surface area contributed by atoms with Crippen molar-refractivity contribution in [3.05, 3.63) is 88.7 Å². The van der Waals surface area contributed by atoms with Crippen molar-refractivity contribution in [2.24, 2.45) is 5.92 Å². The van der Waals surface area contributed by atoms with Crippen LogP contribution in [0.4, 0.5) is 11.5 Å². The van der Waals surface area contributed by atoms with E-state index in [0.29, 0.717) is 41.9 Å². The number of aromatic amines is 1. The summed E-state index contributed by atoms with van der Waals surface area (Å²) in [7, 11) is 2.16. The molecule has 3 saturated heterocycles. The second-order valence-corrected chi connectivity index (χ2v) is 14.7. The number of carbonyl (C=O) groups is 4. The van der Waals surface area contributed by atoms with E-state index in [2.05, 4.69) is 61.7 Å². The van der Waals surface area contributed by atoms with Gasteiger partial charge in [-0.2, -0.15) is 0 Å². The van der Waals surface area contributed by atoms with Gasteiger partial charge in [0, 0.05) is 77.8 Å². The molecular formula is C40H45N7O4. The Hall–Kier alpha value is -5.03. The molecule has 11 heteroatoms. The highest BCUT2D eigenvalue weighted by Crippen LogP contribution is 2.37. The van der Waals surface area contributed by atoms with Gasteiger partial charge in [0.1, 0.15) is 11.9 Å². The lowest BCUT2D eigenvalue weighted by atomic mass is 9.90. The summed E-state index contributed by atoms with van der Waals surface area (Å²) in [5.41, 5.74) is 6.76. The molecule has 4 aromatic rings. The van der Waals surface area contributed by atoms with Crippen molar-refractivity contribution in [1.82, 2.24) is 25.1 Å². The summed E-state index contributed by atoms with van der Waals surface area (Å²) in [6.07, 6.45) is 10.2. The van der Waals surface area contributed by atoms with Gasteiger partial charge in [0.15, 0.2) is 0 Å². The minimum atomic E-state index is -0.602. The Kier molecular flexibility index (Phi) is 9.06. The highest BCUT2D eigenvalue weighted by atomic mass is 16.2. The molecule has 0 bridgehead atoms. The van der Waals surface area contributed by atoms with Gasteiger partial charge in [-0.25, -0.2) is 4.98 Å². The highest BCUT2D eigenvalue weighted by molar-refractivity contribution is 6.06.